The van der Waals surface area contributed by atoms with Gasteiger partial charge in [0.15, 0.2) is 0 Å². The fraction of sp³-hybridized carbons (Fsp3) is 0.276. The number of amides is 1. The van der Waals surface area contributed by atoms with Crippen molar-refractivity contribution in [2.45, 2.75) is 40.3 Å². The van der Waals surface area contributed by atoms with Crippen molar-refractivity contribution in [2.24, 2.45) is 0 Å². The fourth-order valence-corrected chi connectivity index (χ4v) is 4.67. The maximum absolute atomic E-state index is 13.3. The van der Waals surface area contributed by atoms with E-state index in [-0.39, 0.29) is 17.9 Å². The number of hydrogen-bond acceptors (Lipinski definition) is 5. The van der Waals surface area contributed by atoms with Crippen LogP contribution in [0.1, 0.15) is 47.7 Å². The Balaban J connectivity index is 1.84. The van der Waals surface area contributed by atoms with Crippen LogP contribution in [0.15, 0.2) is 72.6 Å². The number of anilines is 1. The zero-order valence-corrected chi connectivity index (χ0v) is 20.7. The van der Waals surface area contributed by atoms with E-state index >= 15 is 0 Å². The van der Waals surface area contributed by atoms with Crippen LogP contribution in [0.5, 0.6) is 0 Å². The van der Waals surface area contributed by atoms with Crippen molar-refractivity contribution in [3.05, 3.63) is 100 Å². The standard InChI is InChI=1S/C29H31N3O3/c1-5-31(6-2)24-11-9-21(10-12-24)26-25(27(33)22-13-15-30-16-14-22)28(34)29(35)32(26)18-23-17-19(3)7-8-20(23)4/h7-17,26,33H,5-6,18H2,1-4H3/b27-25-. The predicted octanol–water partition coefficient (Wildman–Crippen LogP) is 5.17. The first-order valence-electron chi connectivity index (χ1n) is 12.0. The quantitative estimate of drug-likeness (QED) is 0.294. The average Bonchev–Trinajstić information content (AvgIpc) is 3.12. The minimum atomic E-state index is -0.700. The molecule has 1 aliphatic heterocycles. The number of pyridine rings is 1. The first-order valence-corrected chi connectivity index (χ1v) is 12.0. The lowest BCUT2D eigenvalue weighted by Gasteiger charge is -2.27. The number of benzene rings is 2. The number of likely N-dealkylation sites (tertiary alicyclic amines) is 1. The smallest absolute Gasteiger partial charge is 0.295 e. The predicted molar refractivity (Wildman–Crippen MR) is 138 cm³/mol. The summed E-state index contributed by atoms with van der Waals surface area (Å²) in [6.07, 6.45) is 3.10. The maximum atomic E-state index is 13.3. The summed E-state index contributed by atoms with van der Waals surface area (Å²) in [6.45, 7) is 10.2. The lowest BCUT2D eigenvalue weighted by Crippen LogP contribution is -2.29. The largest absolute Gasteiger partial charge is 0.507 e. The van der Waals surface area contributed by atoms with Gasteiger partial charge in [0.25, 0.3) is 11.7 Å². The van der Waals surface area contributed by atoms with Crippen molar-refractivity contribution < 1.29 is 14.7 Å². The number of aliphatic hydroxyl groups is 1. The Kier molecular flexibility index (Phi) is 7.01. The van der Waals surface area contributed by atoms with Crippen LogP contribution in [-0.2, 0) is 16.1 Å². The van der Waals surface area contributed by atoms with Crippen molar-refractivity contribution in [1.29, 1.82) is 0 Å². The van der Waals surface area contributed by atoms with Crippen LogP contribution in [0.3, 0.4) is 0 Å². The molecule has 4 rings (SSSR count). The van der Waals surface area contributed by atoms with E-state index in [1.165, 1.54) is 0 Å². The van der Waals surface area contributed by atoms with Gasteiger partial charge in [-0.1, -0.05) is 35.9 Å². The normalized spacial score (nSPS) is 17.1. The number of hydrogen-bond donors (Lipinski definition) is 1. The maximum Gasteiger partial charge on any atom is 0.295 e. The van der Waals surface area contributed by atoms with Crippen LogP contribution < -0.4 is 4.90 Å². The van der Waals surface area contributed by atoms with E-state index in [4.69, 9.17) is 0 Å². The highest BCUT2D eigenvalue weighted by molar-refractivity contribution is 6.46. The molecule has 6 nitrogen and oxygen atoms in total. The molecule has 1 amide bonds. The first-order chi connectivity index (χ1) is 16.8. The molecule has 0 bridgehead atoms. The van der Waals surface area contributed by atoms with Crippen molar-refractivity contribution in [2.75, 3.05) is 18.0 Å². The van der Waals surface area contributed by atoms with E-state index in [9.17, 15) is 14.7 Å². The number of Topliss-reactive ketones (excluding diaryl/α,β-unsaturated/α-hetero) is 1. The zero-order valence-electron chi connectivity index (χ0n) is 20.7. The van der Waals surface area contributed by atoms with E-state index in [1.807, 2.05) is 56.3 Å². The number of rotatable bonds is 7. The number of aryl methyl sites for hydroxylation is 2. The van der Waals surface area contributed by atoms with Crippen LogP contribution in [0.2, 0.25) is 0 Å². The molecule has 3 aromatic rings. The third kappa shape index (κ3) is 4.69. The highest BCUT2D eigenvalue weighted by Crippen LogP contribution is 2.41. The molecule has 1 atom stereocenters. The molecule has 35 heavy (non-hydrogen) atoms. The third-order valence-corrected chi connectivity index (χ3v) is 6.68. The second-order valence-electron chi connectivity index (χ2n) is 8.86. The summed E-state index contributed by atoms with van der Waals surface area (Å²) < 4.78 is 0. The molecule has 2 aromatic carbocycles. The summed E-state index contributed by atoms with van der Waals surface area (Å²) in [6, 6.07) is 16.6. The van der Waals surface area contributed by atoms with E-state index in [0.717, 1.165) is 41.0 Å². The molecule has 1 unspecified atom stereocenters. The van der Waals surface area contributed by atoms with Crippen LogP contribution in [0, 0.1) is 13.8 Å². The Morgan fingerprint density at radius 1 is 0.971 bits per heavy atom. The van der Waals surface area contributed by atoms with Gasteiger partial charge in [0.1, 0.15) is 5.76 Å². The minimum absolute atomic E-state index is 0.0992. The van der Waals surface area contributed by atoms with Gasteiger partial charge in [-0.25, -0.2) is 0 Å². The van der Waals surface area contributed by atoms with Gasteiger partial charge in [-0.05, 0) is 68.7 Å². The van der Waals surface area contributed by atoms with Gasteiger partial charge in [-0.3, -0.25) is 14.6 Å². The number of carbonyl (C=O) groups is 2. The van der Waals surface area contributed by atoms with Crippen LogP contribution in [0.4, 0.5) is 5.69 Å². The first kappa shape index (κ1) is 24.2. The molecule has 6 heteroatoms. The summed E-state index contributed by atoms with van der Waals surface area (Å²) in [5.41, 5.74) is 5.50. The van der Waals surface area contributed by atoms with E-state index in [1.54, 1.807) is 29.4 Å². The molecule has 0 aliphatic carbocycles. The number of ketones is 1. The molecule has 1 saturated heterocycles. The summed E-state index contributed by atoms with van der Waals surface area (Å²) in [5, 5.41) is 11.2. The minimum Gasteiger partial charge on any atom is -0.507 e. The Labute approximate surface area is 206 Å². The molecule has 2 heterocycles. The third-order valence-electron chi connectivity index (χ3n) is 6.68. The molecule has 0 spiro atoms. The van der Waals surface area contributed by atoms with E-state index in [2.05, 4.69) is 23.7 Å². The highest BCUT2D eigenvalue weighted by Gasteiger charge is 2.46. The van der Waals surface area contributed by atoms with Crippen LogP contribution in [-0.4, -0.2) is 39.8 Å². The molecular formula is C29H31N3O3. The van der Waals surface area contributed by atoms with Gasteiger partial charge in [0, 0.05) is 43.3 Å². The molecule has 1 aliphatic rings. The summed E-state index contributed by atoms with van der Waals surface area (Å²) >= 11 is 0. The van der Waals surface area contributed by atoms with Crippen molar-refractivity contribution in [3.8, 4) is 0 Å². The van der Waals surface area contributed by atoms with Gasteiger partial charge in [-0.15, -0.1) is 0 Å². The number of nitrogens with zero attached hydrogens (tertiary/aromatic N) is 3. The summed E-state index contributed by atoms with van der Waals surface area (Å²) in [7, 11) is 0. The van der Waals surface area contributed by atoms with Crippen LogP contribution in [0.25, 0.3) is 5.76 Å². The molecular weight excluding hydrogens is 438 g/mol. The van der Waals surface area contributed by atoms with Crippen molar-refractivity contribution in [1.82, 2.24) is 9.88 Å². The highest BCUT2D eigenvalue weighted by atomic mass is 16.3. The summed E-state index contributed by atoms with van der Waals surface area (Å²) in [4.78, 5) is 34.4. The van der Waals surface area contributed by atoms with Gasteiger partial charge in [0.2, 0.25) is 0 Å². The molecule has 0 saturated carbocycles. The molecule has 180 valence electrons. The van der Waals surface area contributed by atoms with E-state index < -0.39 is 17.7 Å². The number of aliphatic hydroxyl groups excluding tert-OH is 1. The lowest BCUT2D eigenvalue weighted by molar-refractivity contribution is -0.140. The fourth-order valence-electron chi connectivity index (χ4n) is 4.67. The monoisotopic (exact) mass is 469 g/mol. The summed E-state index contributed by atoms with van der Waals surface area (Å²) in [5.74, 6) is -1.48. The van der Waals surface area contributed by atoms with Crippen LogP contribution >= 0.6 is 0 Å². The Morgan fingerprint density at radius 2 is 1.63 bits per heavy atom. The molecule has 0 radical (unpaired) electrons. The van der Waals surface area contributed by atoms with Crippen molar-refractivity contribution in [3.63, 3.8) is 0 Å². The number of carbonyl (C=O) groups excluding carboxylic acids is 2. The topological polar surface area (TPSA) is 73.7 Å². The molecule has 1 fully saturated rings. The SMILES string of the molecule is CCN(CC)c1ccc(C2/C(=C(/O)c3ccncc3)C(=O)C(=O)N2Cc2cc(C)ccc2C)cc1. The van der Waals surface area contributed by atoms with Gasteiger partial charge in [0.05, 0.1) is 11.6 Å². The zero-order chi connectivity index (χ0) is 25.1. The molecule has 1 N–H and O–H groups in total. The second kappa shape index (κ2) is 10.1. The Morgan fingerprint density at radius 3 is 2.26 bits per heavy atom. The number of aromatic nitrogens is 1. The van der Waals surface area contributed by atoms with Gasteiger partial charge >= 0.3 is 0 Å². The Bertz CT molecular complexity index is 1260. The molecule has 1 aromatic heterocycles. The Hall–Kier alpha value is -3.93. The van der Waals surface area contributed by atoms with Gasteiger partial charge in [-0.2, -0.15) is 0 Å². The van der Waals surface area contributed by atoms with Gasteiger partial charge < -0.3 is 14.9 Å². The average molecular weight is 470 g/mol. The van der Waals surface area contributed by atoms with E-state index in [0.29, 0.717) is 5.56 Å². The lowest BCUT2D eigenvalue weighted by atomic mass is 9.95. The van der Waals surface area contributed by atoms with Crippen molar-refractivity contribution >= 4 is 23.1 Å². The second-order valence-corrected chi connectivity index (χ2v) is 8.86.